The lowest BCUT2D eigenvalue weighted by Crippen LogP contribution is -2.29. The summed E-state index contributed by atoms with van der Waals surface area (Å²) in [7, 11) is 0. The molecule has 1 amide bonds. The maximum atomic E-state index is 12.4. The molecule has 0 radical (unpaired) electrons. The second-order valence-electron chi connectivity index (χ2n) is 4.89. The Balaban J connectivity index is 1.85. The molecule has 0 saturated carbocycles. The van der Waals surface area contributed by atoms with E-state index in [1.165, 1.54) is 0 Å². The number of amides is 1. The summed E-state index contributed by atoms with van der Waals surface area (Å²) in [6.45, 7) is 0.677. The highest BCUT2D eigenvalue weighted by Gasteiger charge is 2.22. The van der Waals surface area contributed by atoms with Crippen LogP contribution in [0.5, 0.6) is 5.75 Å². The topological polar surface area (TPSA) is 51.2 Å². The van der Waals surface area contributed by atoms with Gasteiger partial charge in [0.05, 0.1) is 12.6 Å². The summed E-state index contributed by atoms with van der Waals surface area (Å²) >= 11 is 3.36. The summed E-state index contributed by atoms with van der Waals surface area (Å²) in [6, 6.07) is 11.4. The predicted octanol–water partition coefficient (Wildman–Crippen LogP) is 3.49. The average Bonchev–Trinajstić information content (AvgIpc) is 2.70. The highest BCUT2D eigenvalue weighted by Crippen LogP contribution is 2.31. The Bertz CT molecular complexity index is 660. The predicted molar refractivity (Wildman–Crippen MR) is 83.3 cm³/mol. The zero-order chi connectivity index (χ0) is 14.7. The Kier molecular flexibility index (Phi) is 4.20. The van der Waals surface area contributed by atoms with Crippen LogP contribution in [-0.4, -0.2) is 17.5 Å². The summed E-state index contributed by atoms with van der Waals surface area (Å²) in [5.41, 5.74) is 1.43. The molecule has 0 fully saturated rings. The third-order valence-corrected chi connectivity index (χ3v) is 4.11. The monoisotopic (exact) mass is 346 g/mol. The van der Waals surface area contributed by atoms with E-state index in [1.807, 2.05) is 30.3 Å². The van der Waals surface area contributed by atoms with Crippen LogP contribution in [0.15, 0.2) is 47.1 Å². The second kappa shape index (κ2) is 6.26. The van der Waals surface area contributed by atoms with Gasteiger partial charge in [0.15, 0.2) is 0 Å². The van der Waals surface area contributed by atoms with Crippen molar-refractivity contribution >= 4 is 21.8 Å². The van der Waals surface area contributed by atoms with E-state index in [0.29, 0.717) is 16.8 Å². The highest BCUT2D eigenvalue weighted by atomic mass is 79.9. The molecule has 0 unspecified atom stereocenters. The fourth-order valence-electron chi connectivity index (χ4n) is 2.45. The van der Waals surface area contributed by atoms with Gasteiger partial charge in [0.25, 0.3) is 5.91 Å². The molecule has 1 aromatic heterocycles. The number of carbonyl (C=O) groups is 1. The summed E-state index contributed by atoms with van der Waals surface area (Å²) in [4.78, 5) is 16.5. The van der Waals surface area contributed by atoms with E-state index in [4.69, 9.17) is 4.74 Å². The first-order valence-electron chi connectivity index (χ1n) is 6.89. The zero-order valence-corrected chi connectivity index (χ0v) is 13.0. The molecule has 1 aliphatic heterocycles. The number of rotatable bonds is 2. The van der Waals surface area contributed by atoms with E-state index in [9.17, 15) is 4.79 Å². The van der Waals surface area contributed by atoms with Gasteiger partial charge in [-0.2, -0.15) is 0 Å². The summed E-state index contributed by atoms with van der Waals surface area (Å²) < 4.78 is 6.41. The molecule has 1 aromatic carbocycles. The first-order valence-corrected chi connectivity index (χ1v) is 7.68. The number of ether oxygens (including phenoxy) is 1. The summed E-state index contributed by atoms with van der Waals surface area (Å²) in [5.74, 6) is 0.671. The van der Waals surface area contributed by atoms with Crippen molar-refractivity contribution in [3.05, 3.63) is 58.3 Å². The number of carbonyl (C=O) groups excluding carboxylic acids is 1. The fourth-order valence-corrected chi connectivity index (χ4v) is 2.89. The van der Waals surface area contributed by atoms with Gasteiger partial charge in [-0.15, -0.1) is 0 Å². The van der Waals surface area contributed by atoms with E-state index in [-0.39, 0.29) is 11.9 Å². The molecular weight excluding hydrogens is 332 g/mol. The molecule has 0 aliphatic carbocycles. The van der Waals surface area contributed by atoms with Crippen molar-refractivity contribution in [2.45, 2.75) is 18.9 Å². The first kappa shape index (κ1) is 14.1. The van der Waals surface area contributed by atoms with Crippen LogP contribution in [0.25, 0.3) is 0 Å². The Morgan fingerprint density at radius 2 is 2.14 bits per heavy atom. The van der Waals surface area contributed by atoms with Gasteiger partial charge in [-0.1, -0.05) is 18.2 Å². The van der Waals surface area contributed by atoms with Crippen molar-refractivity contribution < 1.29 is 9.53 Å². The molecule has 0 spiro atoms. The quantitative estimate of drug-likeness (QED) is 0.905. The molecule has 2 heterocycles. The van der Waals surface area contributed by atoms with E-state index >= 15 is 0 Å². The highest BCUT2D eigenvalue weighted by molar-refractivity contribution is 9.10. The molecule has 4 nitrogen and oxygen atoms in total. The number of hydrogen-bond donors (Lipinski definition) is 1. The largest absolute Gasteiger partial charge is 0.493 e. The number of benzene rings is 1. The van der Waals surface area contributed by atoms with Crippen LogP contribution in [0.1, 0.15) is 34.9 Å². The molecule has 5 heteroatoms. The van der Waals surface area contributed by atoms with Gasteiger partial charge in [-0.3, -0.25) is 4.79 Å². The van der Waals surface area contributed by atoms with E-state index in [1.54, 1.807) is 12.3 Å². The van der Waals surface area contributed by atoms with Gasteiger partial charge in [0.2, 0.25) is 0 Å². The molecule has 1 aliphatic rings. The second-order valence-corrected chi connectivity index (χ2v) is 5.74. The molecular formula is C16H15BrN2O2. The fraction of sp³-hybridized carbons (Fsp3) is 0.250. The lowest BCUT2D eigenvalue weighted by atomic mass is 10.0. The maximum Gasteiger partial charge on any atom is 0.271 e. The van der Waals surface area contributed by atoms with Crippen molar-refractivity contribution in [2.75, 3.05) is 6.61 Å². The third kappa shape index (κ3) is 3.08. The van der Waals surface area contributed by atoms with Gasteiger partial charge >= 0.3 is 0 Å². The van der Waals surface area contributed by atoms with Gasteiger partial charge in [0.1, 0.15) is 11.4 Å². The number of aromatic nitrogens is 1. The normalized spacial score (nSPS) is 17.3. The van der Waals surface area contributed by atoms with Crippen LogP contribution in [0.4, 0.5) is 0 Å². The van der Waals surface area contributed by atoms with Gasteiger partial charge < -0.3 is 10.1 Å². The Morgan fingerprint density at radius 3 is 3.00 bits per heavy atom. The number of halogens is 1. The summed E-state index contributed by atoms with van der Waals surface area (Å²) in [6.07, 6.45) is 3.38. The number of nitrogens with zero attached hydrogens (tertiary/aromatic N) is 1. The smallest absolute Gasteiger partial charge is 0.271 e. The minimum atomic E-state index is -0.177. The average molecular weight is 347 g/mol. The SMILES string of the molecule is O=C(N[C@@H]1CCCOc2ccccc21)c1ncccc1Br. The van der Waals surface area contributed by atoms with Crippen molar-refractivity contribution in [3.8, 4) is 5.75 Å². The molecule has 0 saturated heterocycles. The lowest BCUT2D eigenvalue weighted by molar-refractivity contribution is 0.0929. The summed E-state index contributed by atoms with van der Waals surface area (Å²) in [5, 5.41) is 3.06. The molecule has 21 heavy (non-hydrogen) atoms. The minimum Gasteiger partial charge on any atom is -0.493 e. The minimum absolute atomic E-state index is 0.0508. The number of nitrogens with one attached hydrogen (secondary N) is 1. The Labute approximate surface area is 131 Å². The number of para-hydroxylation sites is 1. The molecule has 0 bridgehead atoms. The Morgan fingerprint density at radius 1 is 1.29 bits per heavy atom. The molecule has 1 N–H and O–H groups in total. The maximum absolute atomic E-state index is 12.4. The van der Waals surface area contributed by atoms with Crippen LogP contribution >= 0.6 is 15.9 Å². The van der Waals surface area contributed by atoms with Crippen LogP contribution in [0, 0.1) is 0 Å². The lowest BCUT2D eigenvalue weighted by Gasteiger charge is -2.18. The van der Waals surface area contributed by atoms with Gasteiger partial charge in [0, 0.05) is 16.2 Å². The molecule has 3 rings (SSSR count). The molecule has 1 atom stereocenters. The molecule has 108 valence electrons. The van der Waals surface area contributed by atoms with Crippen LogP contribution in [0.2, 0.25) is 0 Å². The molecule has 2 aromatic rings. The van der Waals surface area contributed by atoms with Crippen LogP contribution < -0.4 is 10.1 Å². The number of fused-ring (bicyclic) bond motifs is 1. The van der Waals surface area contributed by atoms with Crippen LogP contribution in [0.3, 0.4) is 0 Å². The third-order valence-electron chi connectivity index (χ3n) is 3.47. The van der Waals surface area contributed by atoms with E-state index < -0.39 is 0 Å². The van der Waals surface area contributed by atoms with Gasteiger partial charge in [-0.25, -0.2) is 4.98 Å². The number of hydrogen-bond acceptors (Lipinski definition) is 3. The van der Waals surface area contributed by atoms with Crippen molar-refractivity contribution in [1.29, 1.82) is 0 Å². The number of pyridine rings is 1. The Hall–Kier alpha value is -1.88. The van der Waals surface area contributed by atoms with Crippen LogP contribution in [-0.2, 0) is 0 Å². The van der Waals surface area contributed by atoms with Gasteiger partial charge in [-0.05, 0) is 47.0 Å². The van der Waals surface area contributed by atoms with E-state index in [0.717, 1.165) is 24.2 Å². The van der Waals surface area contributed by atoms with Crippen molar-refractivity contribution in [3.63, 3.8) is 0 Å². The van der Waals surface area contributed by atoms with Crippen molar-refractivity contribution in [2.24, 2.45) is 0 Å². The standard InChI is InChI=1S/C16H15BrN2O2/c17-12-6-3-9-18-15(12)16(20)19-13-7-4-10-21-14-8-2-1-5-11(13)14/h1-3,5-6,8-9,13H,4,7,10H2,(H,19,20)/t13-/m1/s1. The first-order chi connectivity index (χ1) is 10.3. The van der Waals surface area contributed by atoms with E-state index in [2.05, 4.69) is 26.2 Å². The zero-order valence-electron chi connectivity index (χ0n) is 11.4. The van der Waals surface area contributed by atoms with Crippen molar-refractivity contribution in [1.82, 2.24) is 10.3 Å².